The largest absolute Gasteiger partial charge is 0.352 e. The average Bonchev–Trinajstić information content (AvgIpc) is 3.30. The first-order valence-electron chi connectivity index (χ1n) is 10.8. The van der Waals surface area contributed by atoms with Crippen molar-refractivity contribution >= 4 is 17.2 Å². The average molecular weight is 399 g/mol. The van der Waals surface area contributed by atoms with Crippen molar-refractivity contribution in [3.8, 4) is 0 Å². The molecule has 2 fully saturated rings. The molecule has 2 aromatic rings. The molecule has 0 aromatic carbocycles. The second kappa shape index (κ2) is 7.30. The minimum absolute atomic E-state index is 0.140. The second-order valence-corrected chi connectivity index (χ2v) is 9.98. The Hall–Kier alpha value is -1.66. The number of fused-ring (bicyclic) bond motifs is 1. The summed E-state index contributed by atoms with van der Waals surface area (Å²) < 4.78 is 2.11. The molecule has 150 valence electrons. The van der Waals surface area contributed by atoms with E-state index in [1.165, 1.54) is 41.0 Å². The normalized spacial score (nSPS) is 27.1. The molecule has 1 aliphatic carbocycles. The van der Waals surface area contributed by atoms with Crippen LogP contribution in [-0.4, -0.2) is 46.3 Å². The molecular weight excluding hydrogens is 368 g/mol. The highest BCUT2D eigenvalue weighted by atomic mass is 32.1. The highest BCUT2D eigenvalue weighted by molar-refractivity contribution is 7.12. The minimum Gasteiger partial charge on any atom is -0.352 e. The van der Waals surface area contributed by atoms with Crippen molar-refractivity contribution in [1.82, 2.24) is 20.0 Å². The Morgan fingerprint density at radius 1 is 1.21 bits per heavy atom. The fourth-order valence-corrected chi connectivity index (χ4v) is 6.96. The molecule has 0 unspecified atom stereocenters. The van der Waals surface area contributed by atoms with Crippen LogP contribution in [0, 0.1) is 12.8 Å². The zero-order chi connectivity index (χ0) is 19.3. The van der Waals surface area contributed by atoms with Crippen molar-refractivity contribution in [1.29, 1.82) is 0 Å². The van der Waals surface area contributed by atoms with Crippen LogP contribution in [0.5, 0.6) is 0 Å². The summed E-state index contributed by atoms with van der Waals surface area (Å²) in [6.07, 6.45) is 10.2. The van der Waals surface area contributed by atoms with E-state index in [4.69, 9.17) is 0 Å². The maximum Gasteiger partial charge on any atom is 0.252 e. The van der Waals surface area contributed by atoms with E-state index in [2.05, 4.69) is 40.0 Å². The van der Waals surface area contributed by atoms with E-state index in [-0.39, 0.29) is 5.91 Å². The molecule has 4 heterocycles. The number of likely N-dealkylation sites (tertiary alicyclic amines) is 1. The van der Waals surface area contributed by atoms with E-state index < -0.39 is 0 Å². The van der Waals surface area contributed by atoms with Gasteiger partial charge in [-0.2, -0.15) is 5.10 Å². The first kappa shape index (κ1) is 18.4. The number of nitrogens with one attached hydrogen (secondary N) is 1. The number of aromatic nitrogens is 2. The molecular formula is C22H30N4OS. The van der Waals surface area contributed by atoms with Crippen LogP contribution in [0.2, 0.25) is 0 Å². The quantitative estimate of drug-likeness (QED) is 0.853. The van der Waals surface area contributed by atoms with Crippen LogP contribution in [0.4, 0.5) is 0 Å². The highest BCUT2D eigenvalue weighted by Crippen LogP contribution is 2.44. The van der Waals surface area contributed by atoms with E-state index in [9.17, 15) is 4.79 Å². The lowest BCUT2D eigenvalue weighted by atomic mass is 9.76. The van der Waals surface area contributed by atoms with Crippen molar-refractivity contribution in [2.24, 2.45) is 5.92 Å². The summed E-state index contributed by atoms with van der Waals surface area (Å²) in [5.74, 6) is 1.46. The SMILES string of the molecule is Cc1c([C@H](C)[C@H]2CC[C@H](N3CC(n4cccn4)C3)CC2)sc2c1C(=O)NCC2. The number of hydrogen-bond acceptors (Lipinski definition) is 4. The Morgan fingerprint density at radius 2 is 2.00 bits per heavy atom. The van der Waals surface area contributed by atoms with Gasteiger partial charge in [0, 0.05) is 47.8 Å². The van der Waals surface area contributed by atoms with Gasteiger partial charge in [0.1, 0.15) is 0 Å². The number of carbonyl (C=O) groups is 1. The predicted molar refractivity (Wildman–Crippen MR) is 112 cm³/mol. The summed E-state index contributed by atoms with van der Waals surface area (Å²) in [5, 5.41) is 7.40. The standard InChI is InChI=1S/C22H30N4OS/c1-14(21-15(2)20-19(28-21)8-10-23-22(20)27)16-4-6-17(7-5-16)25-12-18(13-25)26-11-3-9-24-26/h3,9,11,14,16-18H,4-8,10,12-13H2,1-2H3,(H,23,27)/t14-,16-,17-/m1/s1. The Morgan fingerprint density at radius 3 is 2.68 bits per heavy atom. The molecule has 28 heavy (non-hydrogen) atoms. The lowest BCUT2D eigenvalue weighted by Crippen LogP contribution is -2.53. The van der Waals surface area contributed by atoms with Crippen molar-refractivity contribution in [2.75, 3.05) is 19.6 Å². The lowest BCUT2D eigenvalue weighted by Gasteiger charge is -2.47. The Balaban J connectivity index is 1.19. The number of nitrogens with zero attached hydrogens (tertiary/aromatic N) is 3. The number of carbonyl (C=O) groups excluding carboxylic acids is 1. The van der Waals surface area contributed by atoms with Gasteiger partial charge in [0.25, 0.3) is 5.91 Å². The number of rotatable bonds is 4. The molecule has 1 atom stereocenters. The Kier molecular flexibility index (Phi) is 4.79. The maximum atomic E-state index is 12.3. The topological polar surface area (TPSA) is 50.2 Å². The van der Waals surface area contributed by atoms with E-state index >= 15 is 0 Å². The summed E-state index contributed by atoms with van der Waals surface area (Å²) in [6, 6.07) is 3.33. The number of amides is 1. The molecule has 1 saturated carbocycles. The number of hydrogen-bond donors (Lipinski definition) is 1. The molecule has 0 spiro atoms. The fraction of sp³-hybridized carbons (Fsp3) is 0.636. The third kappa shape index (κ3) is 3.11. The zero-order valence-corrected chi connectivity index (χ0v) is 17.7. The van der Waals surface area contributed by atoms with Crippen LogP contribution in [0.15, 0.2) is 18.5 Å². The monoisotopic (exact) mass is 398 g/mol. The van der Waals surface area contributed by atoms with Gasteiger partial charge in [-0.1, -0.05) is 6.92 Å². The molecule has 2 aromatic heterocycles. The molecule has 1 amide bonds. The van der Waals surface area contributed by atoms with Crippen LogP contribution in [-0.2, 0) is 6.42 Å². The van der Waals surface area contributed by atoms with Crippen molar-refractivity contribution in [3.63, 3.8) is 0 Å². The summed E-state index contributed by atoms with van der Waals surface area (Å²) in [6.45, 7) is 7.65. The zero-order valence-electron chi connectivity index (χ0n) is 16.9. The molecule has 3 aliphatic rings. The van der Waals surface area contributed by atoms with E-state index in [1.807, 2.05) is 23.6 Å². The van der Waals surface area contributed by atoms with Crippen LogP contribution >= 0.6 is 11.3 Å². The summed E-state index contributed by atoms with van der Waals surface area (Å²) >= 11 is 1.91. The summed E-state index contributed by atoms with van der Waals surface area (Å²) in [4.78, 5) is 17.7. The van der Waals surface area contributed by atoms with Crippen molar-refractivity contribution in [3.05, 3.63) is 39.3 Å². The van der Waals surface area contributed by atoms with Crippen molar-refractivity contribution < 1.29 is 4.79 Å². The molecule has 1 N–H and O–H groups in total. The Labute approximate surface area is 171 Å². The van der Waals surface area contributed by atoms with Gasteiger partial charge in [0.05, 0.1) is 11.6 Å². The molecule has 0 radical (unpaired) electrons. The van der Waals surface area contributed by atoms with Gasteiger partial charge >= 0.3 is 0 Å². The first-order chi connectivity index (χ1) is 13.6. The number of thiophene rings is 1. The van der Waals surface area contributed by atoms with Gasteiger partial charge in [-0.15, -0.1) is 11.3 Å². The fourth-order valence-electron chi connectivity index (χ4n) is 5.51. The maximum absolute atomic E-state index is 12.3. The third-order valence-electron chi connectivity index (χ3n) is 7.29. The van der Waals surface area contributed by atoms with Gasteiger partial charge in [0.15, 0.2) is 0 Å². The first-order valence-corrected chi connectivity index (χ1v) is 11.6. The van der Waals surface area contributed by atoms with Crippen molar-refractivity contribution in [2.45, 2.75) is 64.0 Å². The Bertz CT molecular complexity index is 844. The minimum atomic E-state index is 0.140. The van der Waals surface area contributed by atoms with Gasteiger partial charge in [-0.05, 0) is 62.5 Å². The van der Waals surface area contributed by atoms with Crippen LogP contribution in [0.3, 0.4) is 0 Å². The highest BCUT2D eigenvalue weighted by Gasteiger charge is 2.37. The van der Waals surface area contributed by atoms with Gasteiger partial charge in [-0.3, -0.25) is 14.4 Å². The summed E-state index contributed by atoms with van der Waals surface area (Å²) in [5.41, 5.74) is 2.23. The molecule has 2 aliphatic heterocycles. The molecule has 5 rings (SSSR count). The predicted octanol–water partition coefficient (Wildman–Crippen LogP) is 3.76. The third-order valence-corrected chi connectivity index (χ3v) is 8.84. The van der Waals surface area contributed by atoms with Crippen LogP contribution < -0.4 is 5.32 Å². The van der Waals surface area contributed by atoms with Crippen LogP contribution in [0.1, 0.15) is 70.2 Å². The molecule has 0 bridgehead atoms. The van der Waals surface area contributed by atoms with E-state index in [0.717, 1.165) is 43.6 Å². The smallest absolute Gasteiger partial charge is 0.252 e. The van der Waals surface area contributed by atoms with Gasteiger partial charge in [0.2, 0.25) is 0 Å². The molecule has 1 saturated heterocycles. The van der Waals surface area contributed by atoms with E-state index in [1.54, 1.807) is 0 Å². The lowest BCUT2D eigenvalue weighted by molar-refractivity contribution is 0.0270. The molecule has 5 nitrogen and oxygen atoms in total. The summed E-state index contributed by atoms with van der Waals surface area (Å²) in [7, 11) is 0. The van der Waals surface area contributed by atoms with E-state index in [0.29, 0.717) is 12.0 Å². The van der Waals surface area contributed by atoms with Crippen LogP contribution in [0.25, 0.3) is 0 Å². The second-order valence-electron chi connectivity index (χ2n) is 8.85. The van der Waals surface area contributed by atoms with Gasteiger partial charge in [-0.25, -0.2) is 0 Å². The molecule has 6 heteroatoms. The van der Waals surface area contributed by atoms with Gasteiger partial charge < -0.3 is 5.32 Å².